The Bertz CT molecular complexity index is 391. The first-order valence-corrected chi connectivity index (χ1v) is 6.55. The molecule has 1 aromatic carbocycles. The summed E-state index contributed by atoms with van der Waals surface area (Å²) >= 11 is 5.65. The van der Waals surface area contributed by atoms with Crippen molar-refractivity contribution in [2.45, 2.75) is 26.7 Å². The lowest BCUT2D eigenvalue weighted by molar-refractivity contribution is 0.108. The topological polar surface area (TPSA) is 46.2 Å². The van der Waals surface area contributed by atoms with Gasteiger partial charge in [-0.25, -0.2) is 4.39 Å². The second-order valence-electron chi connectivity index (χ2n) is 5.39. The summed E-state index contributed by atoms with van der Waals surface area (Å²) in [5.74, 6) is 0.000391. The molecule has 1 atom stereocenters. The molecule has 0 aliphatic rings. The summed E-state index contributed by atoms with van der Waals surface area (Å²) in [5.41, 5.74) is 6.24. The van der Waals surface area contributed by atoms with E-state index in [1.54, 1.807) is 12.1 Å². The Kier molecular flexibility index (Phi) is 5.57. The van der Waals surface area contributed by atoms with Crippen molar-refractivity contribution in [1.29, 1.82) is 0 Å². The molecule has 0 amide bonds. The second-order valence-corrected chi connectivity index (χ2v) is 5.79. The quantitative estimate of drug-likeness (QED) is 0.837. The van der Waals surface area contributed by atoms with Crippen LogP contribution in [-0.4, -0.2) is 18.3 Å². The molecule has 1 unspecified atom stereocenters. The summed E-state index contributed by atoms with van der Waals surface area (Å²) in [7, 11) is 0. The molecule has 0 saturated carbocycles. The molecule has 0 fully saturated rings. The van der Waals surface area contributed by atoms with Gasteiger partial charge in [-0.15, -0.1) is 0 Å². The maximum Gasteiger partial charge on any atom is 0.142 e. The number of nitrogens with two attached hydrogens (primary N) is 1. The highest BCUT2D eigenvalue weighted by Gasteiger charge is 2.29. The minimum atomic E-state index is -0.428. The first-order chi connectivity index (χ1) is 8.42. The van der Waals surface area contributed by atoms with Gasteiger partial charge in [0.1, 0.15) is 5.82 Å². The van der Waals surface area contributed by atoms with Crippen molar-refractivity contribution in [1.82, 2.24) is 0 Å². The molecule has 102 valence electrons. The van der Waals surface area contributed by atoms with Crippen molar-refractivity contribution in [2.24, 2.45) is 17.1 Å². The number of rotatable bonds is 6. The van der Waals surface area contributed by atoms with Gasteiger partial charge in [0.15, 0.2) is 0 Å². The van der Waals surface area contributed by atoms with E-state index in [0.717, 1.165) is 12.0 Å². The second kappa shape index (κ2) is 6.50. The monoisotopic (exact) mass is 273 g/mol. The molecule has 4 heteroatoms. The third kappa shape index (κ3) is 3.94. The molecular weight excluding hydrogens is 253 g/mol. The van der Waals surface area contributed by atoms with Gasteiger partial charge in [0.05, 0.1) is 11.6 Å². The Labute approximate surface area is 113 Å². The fraction of sp³-hybridized carbons (Fsp3) is 0.571. The van der Waals surface area contributed by atoms with E-state index < -0.39 is 5.82 Å². The Balaban J connectivity index is 2.92. The van der Waals surface area contributed by atoms with E-state index >= 15 is 0 Å². The fourth-order valence-electron chi connectivity index (χ4n) is 2.36. The summed E-state index contributed by atoms with van der Waals surface area (Å²) < 4.78 is 13.4. The van der Waals surface area contributed by atoms with Gasteiger partial charge in [-0.2, -0.15) is 0 Å². The lowest BCUT2D eigenvalue weighted by Gasteiger charge is -2.32. The average Bonchev–Trinajstić information content (AvgIpc) is 2.32. The van der Waals surface area contributed by atoms with Crippen LogP contribution >= 0.6 is 11.6 Å². The Morgan fingerprint density at radius 1 is 1.44 bits per heavy atom. The maximum absolute atomic E-state index is 13.4. The van der Waals surface area contributed by atoms with E-state index in [-0.39, 0.29) is 17.0 Å². The highest BCUT2D eigenvalue weighted by atomic mass is 35.5. The van der Waals surface area contributed by atoms with Crippen LogP contribution < -0.4 is 5.73 Å². The fourth-order valence-corrected chi connectivity index (χ4v) is 2.48. The zero-order valence-electron chi connectivity index (χ0n) is 10.9. The smallest absolute Gasteiger partial charge is 0.142 e. The van der Waals surface area contributed by atoms with Gasteiger partial charge < -0.3 is 10.8 Å². The molecule has 0 heterocycles. The Morgan fingerprint density at radius 3 is 2.56 bits per heavy atom. The molecule has 0 aromatic heterocycles. The number of aliphatic hydroxyl groups excluding tert-OH is 1. The summed E-state index contributed by atoms with van der Waals surface area (Å²) in [6, 6.07) is 4.74. The predicted octanol–water partition coefficient (Wildman–Crippen LogP) is 3.01. The van der Waals surface area contributed by atoms with Gasteiger partial charge >= 0.3 is 0 Å². The zero-order chi connectivity index (χ0) is 13.8. The van der Waals surface area contributed by atoms with Crippen molar-refractivity contribution < 1.29 is 9.50 Å². The van der Waals surface area contributed by atoms with Crippen molar-refractivity contribution >= 4 is 11.6 Å². The molecule has 18 heavy (non-hydrogen) atoms. The Hall–Kier alpha value is -0.640. The van der Waals surface area contributed by atoms with E-state index in [4.69, 9.17) is 17.3 Å². The van der Waals surface area contributed by atoms with E-state index in [2.05, 4.69) is 13.8 Å². The van der Waals surface area contributed by atoms with Gasteiger partial charge in [0.2, 0.25) is 0 Å². The van der Waals surface area contributed by atoms with Crippen molar-refractivity contribution in [3.63, 3.8) is 0 Å². The predicted molar refractivity (Wildman–Crippen MR) is 73.1 cm³/mol. The van der Waals surface area contributed by atoms with E-state index in [0.29, 0.717) is 18.9 Å². The SMILES string of the molecule is CC(C)CC(CN)(CO)Cc1ccc(Cl)c(F)c1. The minimum absolute atomic E-state index is 0.00588. The van der Waals surface area contributed by atoms with Crippen molar-refractivity contribution in [3.8, 4) is 0 Å². The van der Waals surface area contributed by atoms with Gasteiger partial charge in [-0.1, -0.05) is 31.5 Å². The van der Waals surface area contributed by atoms with Crippen LogP contribution in [0.2, 0.25) is 5.02 Å². The summed E-state index contributed by atoms with van der Waals surface area (Å²) in [4.78, 5) is 0. The van der Waals surface area contributed by atoms with Crippen LogP contribution in [-0.2, 0) is 6.42 Å². The minimum Gasteiger partial charge on any atom is -0.396 e. The van der Waals surface area contributed by atoms with Crippen LogP contribution in [0.3, 0.4) is 0 Å². The van der Waals surface area contributed by atoms with Gasteiger partial charge in [0.25, 0.3) is 0 Å². The zero-order valence-corrected chi connectivity index (χ0v) is 11.7. The van der Waals surface area contributed by atoms with Crippen molar-refractivity contribution in [2.75, 3.05) is 13.2 Å². The van der Waals surface area contributed by atoms with Crippen LogP contribution in [0, 0.1) is 17.2 Å². The largest absolute Gasteiger partial charge is 0.396 e. The van der Waals surface area contributed by atoms with E-state index in [1.807, 2.05) is 0 Å². The van der Waals surface area contributed by atoms with Crippen LogP contribution in [0.1, 0.15) is 25.8 Å². The van der Waals surface area contributed by atoms with Gasteiger partial charge in [0, 0.05) is 12.0 Å². The van der Waals surface area contributed by atoms with E-state index in [9.17, 15) is 9.50 Å². The normalized spacial score (nSPS) is 14.8. The number of benzene rings is 1. The van der Waals surface area contributed by atoms with Gasteiger partial charge in [-0.3, -0.25) is 0 Å². The standard InChI is InChI=1S/C14H21ClFNO/c1-10(2)6-14(8-17,9-18)7-11-3-4-12(15)13(16)5-11/h3-5,10,18H,6-9,17H2,1-2H3. The molecular formula is C14H21ClFNO. The third-order valence-electron chi connectivity index (χ3n) is 3.17. The summed E-state index contributed by atoms with van der Waals surface area (Å²) in [6.45, 7) is 4.56. The molecule has 1 aromatic rings. The number of hydrogen-bond acceptors (Lipinski definition) is 2. The molecule has 0 radical (unpaired) electrons. The third-order valence-corrected chi connectivity index (χ3v) is 3.48. The van der Waals surface area contributed by atoms with Crippen LogP contribution in [0.15, 0.2) is 18.2 Å². The first kappa shape index (κ1) is 15.4. The van der Waals surface area contributed by atoms with Crippen molar-refractivity contribution in [3.05, 3.63) is 34.6 Å². The molecule has 0 bridgehead atoms. The number of hydrogen-bond donors (Lipinski definition) is 2. The lowest BCUT2D eigenvalue weighted by atomic mass is 9.76. The molecule has 0 aliphatic heterocycles. The summed E-state index contributed by atoms with van der Waals surface area (Å²) in [6.07, 6.45) is 1.37. The Morgan fingerprint density at radius 2 is 2.11 bits per heavy atom. The van der Waals surface area contributed by atoms with Gasteiger partial charge in [-0.05, 0) is 36.5 Å². The molecule has 2 nitrogen and oxygen atoms in total. The number of aliphatic hydroxyl groups is 1. The number of halogens is 2. The highest BCUT2D eigenvalue weighted by molar-refractivity contribution is 6.30. The lowest BCUT2D eigenvalue weighted by Crippen LogP contribution is -2.37. The molecule has 0 aliphatic carbocycles. The maximum atomic E-state index is 13.4. The average molecular weight is 274 g/mol. The molecule has 0 spiro atoms. The first-order valence-electron chi connectivity index (χ1n) is 6.17. The van der Waals surface area contributed by atoms with Crippen LogP contribution in [0.4, 0.5) is 4.39 Å². The van der Waals surface area contributed by atoms with Crippen LogP contribution in [0.5, 0.6) is 0 Å². The highest BCUT2D eigenvalue weighted by Crippen LogP contribution is 2.30. The molecule has 0 saturated heterocycles. The molecule has 3 N–H and O–H groups in total. The molecule has 1 rings (SSSR count). The van der Waals surface area contributed by atoms with Crippen LogP contribution in [0.25, 0.3) is 0 Å². The van der Waals surface area contributed by atoms with E-state index in [1.165, 1.54) is 6.07 Å². The summed E-state index contributed by atoms with van der Waals surface area (Å²) in [5, 5.41) is 9.73.